The van der Waals surface area contributed by atoms with E-state index in [1.807, 2.05) is 42.5 Å². The number of benzene rings is 2. The van der Waals surface area contributed by atoms with E-state index in [2.05, 4.69) is 10.3 Å². The summed E-state index contributed by atoms with van der Waals surface area (Å²) >= 11 is 0. The Hall–Kier alpha value is -3.94. The summed E-state index contributed by atoms with van der Waals surface area (Å²) < 4.78 is 10.9. The Labute approximate surface area is 180 Å². The molecule has 8 heteroatoms. The van der Waals surface area contributed by atoms with Crippen LogP contribution in [-0.4, -0.2) is 41.6 Å². The number of nitrogens with two attached hydrogens (primary N) is 1. The van der Waals surface area contributed by atoms with E-state index >= 15 is 0 Å². The average Bonchev–Trinajstić information content (AvgIpc) is 2.80. The molecule has 0 saturated heterocycles. The zero-order valence-electron chi connectivity index (χ0n) is 17.5. The lowest BCUT2D eigenvalue weighted by molar-refractivity contribution is 0.356. The maximum absolute atomic E-state index is 7.42. The number of para-hydroxylation sites is 1. The maximum atomic E-state index is 7.42. The quantitative estimate of drug-likeness (QED) is 0.226. The zero-order chi connectivity index (χ0) is 21.8. The molecule has 31 heavy (non-hydrogen) atoms. The number of pyridine rings is 1. The molecule has 0 fully saturated rings. The number of amidine groups is 1. The Kier molecular flexibility index (Phi) is 5.79. The smallest absolute Gasteiger partial charge is 0.164 e. The van der Waals surface area contributed by atoms with Gasteiger partial charge in [-0.2, -0.15) is 0 Å². The SMILES string of the molecule is COc1cc2nc(-c3cccc4cccnc34)nc(NCCCC(=N)N)c2cc1OC. The van der Waals surface area contributed by atoms with E-state index in [0.29, 0.717) is 36.1 Å². The van der Waals surface area contributed by atoms with Crippen LogP contribution < -0.4 is 20.5 Å². The summed E-state index contributed by atoms with van der Waals surface area (Å²) in [6, 6.07) is 13.6. The van der Waals surface area contributed by atoms with Crippen molar-refractivity contribution in [2.45, 2.75) is 12.8 Å². The number of fused-ring (bicyclic) bond motifs is 2. The molecule has 0 radical (unpaired) electrons. The Morgan fingerprint density at radius 1 is 1.06 bits per heavy atom. The van der Waals surface area contributed by atoms with Gasteiger partial charge >= 0.3 is 0 Å². The van der Waals surface area contributed by atoms with E-state index in [-0.39, 0.29) is 5.84 Å². The van der Waals surface area contributed by atoms with Crippen LogP contribution in [0.2, 0.25) is 0 Å². The number of ether oxygens (including phenoxy) is 2. The first-order valence-corrected chi connectivity index (χ1v) is 9.95. The van der Waals surface area contributed by atoms with Crippen molar-refractivity contribution < 1.29 is 9.47 Å². The number of nitrogens with one attached hydrogen (secondary N) is 2. The van der Waals surface area contributed by atoms with Crippen molar-refractivity contribution in [2.75, 3.05) is 26.1 Å². The van der Waals surface area contributed by atoms with Crippen LogP contribution in [0.4, 0.5) is 5.82 Å². The van der Waals surface area contributed by atoms with E-state index < -0.39 is 0 Å². The summed E-state index contributed by atoms with van der Waals surface area (Å²) in [5.41, 5.74) is 7.89. The van der Waals surface area contributed by atoms with Gasteiger partial charge in [-0.05, 0) is 24.6 Å². The predicted octanol–water partition coefficient (Wildman–Crippen LogP) is 3.99. The van der Waals surface area contributed by atoms with Crippen LogP contribution in [-0.2, 0) is 0 Å². The molecule has 0 aliphatic heterocycles. The van der Waals surface area contributed by atoms with Crippen molar-refractivity contribution in [2.24, 2.45) is 5.73 Å². The molecular formula is C23H24N6O2. The van der Waals surface area contributed by atoms with Gasteiger partial charge in [0.25, 0.3) is 0 Å². The number of hydrogen-bond donors (Lipinski definition) is 3. The van der Waals surface area contributed by atoms with Crippen molar-refractivity contribution in [1.29, 1.82) is 5.41 Å². The number of methoxy groups -OCH3 is 2. The first-order valence-electron chi connectivity index (χ1n) is 9.95. The third-order valence-corrected chi connectivity index (χ3v) is 4.99. The first-order chi connectivity index (χ1) is 15.1. The molecule has 4 N–H and O–H groups in total. The zero-order valence-corrected chi connectivity index (χ0v) is 17.5. The summed E-state index contributed by atoms with van der Waals surface area (Å²) in [5.74, 6) is 2.61. The minimum Gasteiger partial charge on any atom is -0.493 e. The molecule has 0 unspecified atom stereocenters. The molecule has 0 spiro atoms. The summed E-state index contributed by atoms with van der Waals surface area (Å²) in [4.78, 5) is 14.2. The van der Waals surface area contributed by atoms with Crippen LogP contribution >= 0.6 is 0 Å². The Morgan fingerprint density at radius 3 is 2.61 bits per heavy atom. The van der Waals surface area contributed by atoms with E-state index in [1.165, 1.54) is 0 Å². The van der Waals surface area contributed by atoms with Gasteiger partial charge in [-0.15, -0.1) is 0 Å². The van der Waals surface area contributed by atoms with Crippen molar-refractivity contribution >= 4 is 33.5 Å². The van der Waals surface area contributed by atoms with Crippen molar-refractivity contribution in [3.05, 3.63) is 48.7 Å². The van der Waals surface area contributed by atoms with E-state index in [1.54, 1.807) is 20.4 Å². The molecule has 158 valence electrons. The third-order valence-electron chi connectivity index (χ3n) is 4.99. The van der Waals surface area contributed by atoms with E-state index in [0.717, 1.165) is 33.8 Å². The van der Waals surface area contributed by atoms with Gasteiger partial charge in [0.1, 0.15) is 5.82 Å². The molecule has 2 aromatic heterocycles. The maximum Gasteiger partial charge on any atom is 0.164 e. The predicted molar refractivity (Wildman–Crippen MR) is 123 cm³/mol. The lowest BCUT2D eigenvalue weighted by Gasteiger charge is -2.14. The standard InChI is InChI=1S/C23H24N6O2/c1-30-18-12-16-17(13-19(18)31-2)28-23(29-22(16)27-11-5-9-20(24)25)15-8-3-6-14-7-4-10-26-21(14)15/h3-4,6-8,10,12-13H,5,9,11H2,1-2H3,(H3,24,25)(H,27,28,29). The first kappa shape index (κ1) is 20.3. The van der Waals surface area contributed by atoms with Gasteiger partial charge in [-0.1, -0.05) is 18.2 Å². The van der Waals surface area contributed by atoms with Crippen LogP contribution in [0.5, 0.6) is 11.5 Å². The van der Waals surface area contributed by atoms with Gasteiger partial charge in [0.15, 0.2) is 17.3 Å². The topological polar surface area (TPSA) is 119 Å². The highest BCUT2D eigenvalue weighted by molar-refractivity contribution is 5.96. The number of hydrogen-bond acceptors (Lipinski definition) is 7. The van der Waals surface area contributed by atoms with Gasteiger partial charge in [0.05, 0.1) is 31.1 Å². The van der Waals surface area contributed by atoms with Gasteiger partial charge in [-0.25, -0.2) is 9.97 Å². The van der Waals surface area contributed by atoms with Crippen LogP contribution in [0.25, 0.3) is 33.2 Å². The van der Waals surface area contributed by atoms with Crippen LogP contribution in [0.3, 0.4) is 0 Å². The van der Waals surface area contributed by atoms with Crippen molar-refractivity contribution in [1.82, 2.24) is 15.0 Å². The molecule has 0 bridgehead atoms. The fraction of sp³-hybridized carbons (Fsp3) is 0.217. The molecule has 0 saturated carbocycles. The molecule has 8 nitrogen and oxygen atoms in total. The van der Waals surface area contributed by atoms with Gasteiger partial charge in [0, 0.05) is 41.6 Å². The number of nitrogens with zero attached hydrogens (tertiary/aromatic N) is 3. The normalized spacial score (nSPS) is 10.9. The molecule has 4 aromatic rings. The fourth-order valence-electron chi connectivity index (χ4n) is 3.48. The number of rotatable bonds is 8. The second-order valence-corrected chi connectivity index (χ2v) is 7.06. The molecule has 0 atom stereocenters. The van der Waals surface area contributed by atoms with Crippen LogP contribution in [0, 0.1) is 5.41 Å². The second kappa shape index (κ2) is 8.83. The summed E-state index contributed by atoms with van der Waals surface area (Å²) in [7, 11) is 3.20. The van der Waals surface area contributed by atoms with Crippen molar-refractivity contribution in [3.63, 3.8) is 0 Å². The largest absolute Gasteiger partial charge is 0.493 e. The Balaban J connectivity index is 1.86. The number of aromatic nitrogens is 3. The van der Waals surface area contributed by atoms with Crippen molar-refractivity contribution in [3.8, 4) is 22.9 Å². The highest BCUT2D eigenvalue weighted by Crippen LogP contribution is 2.36. The summed E-state index contributed by atoms with van der Waals surface area (Å²) in [6.45, 7) is 0.618. The molecule has 0 amide bonds. The van der Waals surface area contributed by atoms with Gasteiger partial charge < -0.3 is 20.5 Å². The summed E-state index contributed by atoms with van der Waals surface area (Å²) in [5, 5.41) is 12.6. The van der Waals surface area contributed by atoms with Crippen LogP contribution in [0.1, 0.15) is 12.8 Å². The number of anilines is 1. The average molecular weight is 416 g/mol. The fourth-order valence-corrected chi connectivity index (χ4v) is 3.48. The molecule has 0 aliphatic carbocycles. The lowest BCUT2D eigenvalue weighted by Crippen LogP contribution is -2.12. The highest BCUT2D eigenvalue weighted by Gasteiger charge is 2.16. The summed E-state index contributed by atoms with van der Waals surface area (Å²) in [6.07, 6.45) is 3.01. The lowest BCUT2D eigenvalue weighted by atomic mass is 10.1. The molecular weight excluding hydrogens is 392 g/mol. The van der Waals surface area contributed by atoms with Crippen LogP contribution in [0.15, 0.2) is 48.7 Å². The Morgan fingerprint density at radius 2 is 1.84 bits per heavy atom. The molecule has 0 aliphatic rings. The highest BCUT2D eigenvalue weighted by atomic mass is 16.5. The van der Waals surface area contributed by atoms with Gasteiger partial charge in [-0.3, -0.25) is 10.4 Å². The van der Waals surface area contributed by atoms with Gasteiger partial charge in [0.2, 0.25) is 0 Å². The molecule has 2 aromatic carbocycles. The van der Waals surface area contributed by atoms with E-state index in [4.69, 9.17) is 30.6 Å². The molecule has 2 heterocycles. The molecule has 4 rings (SSSR count). The third kappa shape index (κ3) is 4.18. The Bertz CT molecular complexity index is 1250. The van der Waals surface area contributed by atoms with E-state index in [9.17, 15) is 0 Å². The minimum absolute atomic E-state index is 0.170. The monoisotopic (exact) mass is 416 g/mol. The second-order valence-electron chi connectivity index (χ2n) is 7.06. The minimum atomic E-state index is 0.170.